The SMILES string of the molecule is Cc1csc(Cc2noc(C=O)n2)n1. The number of nitrogens with zero attached hydrogens (tertiary/aromatic N) is 3. The minimum atomic E-state index is 0.00766. The lowest BCUT2D eigenvalue weighted by Gasteiger charge is -1.86. The van der Waals surface area contributed by atoms with Crippen molar-refractivity contribution in [1.29, 1.82) is 0 Å². The highest BCUT2D eigenvalue weighted by atomic mass is 32.1. The highest BCUT2D eigenvalue weighted by Gasteiger charge is 2.07. The average Bonchev–Trinajstić information content (AvgIpc) is 2.76. The number of thiazole rings is 1. The second kappa shape index (κ2) is 3.67. The van der Waals surface area contributed by atoms with Crippen molar-refractivity contribution < 1.29 is 9.32 Å². The molecule has 6 heteroatoms. The van der Waals surface area contributed by atoms with Gasteiger partial charge in [-0.25, -0.2) is 4.98 Å². The van der Waals surface area contributed by atoms with Crippen LogP contribution < -0.4 is 0 Å². The summed E-state index contributed by atoms with van der Waals surface area (Å²) in [7, 11) is 0. The number of aryl methyl sites for hydroxylation is 1. The maximum absolute atomic E-state index is 10.3. The van der Waals surface area contributed by atoms with Crippen LogP contribution in [0.15, 0.2) is 9.90 Å². The van der Waals surface area contributed by atoms with E-state index < -0.39 is 0 Å². The zero-order chi connectivity index (χ0) is 9.97. The number of hydrogen-bond acceptors (Lipinski definition) is 6. The third kappa shape index (κ3) is 1.85. The topological polar surface area (TPSA) is 68.9 Å². The zero-order valence-corrected chi connectivity index (χ0v) is 8.24. The Morgan fingerprint density at radius 1 is 1.57 bits per heavy atom. The Morgan fingerprint density at radius 2 is 2.43 bits per heavy atom. The minimum Gasteiger partial charge on any atom is -0.331 e. The Kier molecular flexibility index (Phi) is 2.36. The maximum atomic E-state index is 10.3. The standard InChI is InChI=1S/C8H7N3O2S/c1-5-4-14-8(9-5)2-6-10-7(3-12)13-11-6/h3-4H,2H2,1H3. The monoisotopic (exact) mass is 209 g/mol. The van der Waals surface area contributed by atoms with E-state index in [4.69, 9.17) is 0 Å². The van der Waals surface area contributed by atoms with Crippen LogP contribution in [0.1, 0.15) is 27.2 Å². The summed E-state index contributed by atoms with van der Waals surface area (Å²) in [6.07, 6.45) is 1.04. The van der Waals surface area contributed by atoms with Crippen molar-refractivity contribution >= 4 is 17.6 Å². The Hall–Kier alpha value is -1.56. The molecule has 0 saturated carbocycles. The van der Waals surface area contributed by atoms with E-state index >= 15 is 0 Å². The Labute approximate surface area is 83.8 Å². The van der Waals surface area contributed by atoms with Gasteiger partial charge in [0.15, 0.2) is 5.82 Å². The Balaban J connectivity index is 2.14. The van der Waals surface area contributed by atoms with Crippen LogP contribution >= 0.6 is 11.3 Å². The summed E-state index contributed by atoms with van der Waals surface area (Å²) in [5.41, 5.74) is 0.976. The van der Waals surface area contributed by atoms with Crippen molar-refractivity contribution in [3.63, 3.8) is 0 Å². The summed E-state index contributed by atoms with van der Waals surface area (Å²) in [5, 5.41) is 6.51. The summed E-state index contributed by atoms with van der Waals surface area (Å²) in [4.78, 5) is 18.4. The molecule has 0 amide bonds. The first-order valence-electron chi connectivity index (χ1n) is 3.96. The lowest BCUT2D eigenvalue weighted by Crippen LogP contribution is -1.90. The molecule has 0 unspecified atom stereocenters. The third-order valence-electron chi connectivity index (χ3n) is 1.56. The molecule has 14 heavy (non-hydrogen) atoms. The second-order valence-electron chi connectivity index (χ2n) is 2.73. The molecule has 0 radical (unpaired) electrons. The predicted octanol–water partition coefficient (Wildman–Crippen LogP) is 1.24. The van der Waals surface area contributed by atoms with Gasteiger partial charge in [0.25, 0.3) is 5.89 Å². The third-order valence-corrected chi connectivity index (χ3v) is 2.53. The molecule has 72 valence electrons. The van der Waals surface area contributed by atoms with Gasteiger partial charge >= 0.3 is 0 Å². The maximum Gasteiger partial charge on any atom is 0.290 e. The lowest BCUT2D eigenvalue weighted by molar-refractivity contribution is 0.108. The first kappa shape index (κ1) is 9.01. The first-order valence-corrected chi connectivity index (χ1v) is 4.84. The van der Waals surface area contributed by atoms with Gasteiger partial charge in [-0.1, -0.05) is 5.16 Å². The molecule has 2 rings (SSSR count). The Bertz CT molecular complexity index is 449. The van der Waals surface area contributed by atoms with Crippen molar-refractivity contribution in [2.45, 2.75) is 13.3 Å². The van der Waals surface area contributed by atoms with E-state index in [-0.39, 0.29) is 5.89 Å². The Morgan fingerprint density at radius 3 is 3.00 bits per heavy atom. The van der Waals surface area contributed by atoms with E-state index in [1.165, 1.54) is 0 Å². The van der Waals surface area contributed by atoms with Crippen molar-refractivity contribution in [1.82, 2.24) is 15.1 Å². The molecule has 0 atom stereocenters. The van der Waals surface area contributed by atoms with Crippen LogP contribution in [-0.4, -0.2) is 21.4 Å². The smallest absolute Gasteiger partial charge is 0.290 e. The van der Waals surface area contributed by atoms with Gasteiger partial charge in [0.05, 0.1) is 6.42 Å². The van der Waals surface area contributed by atoms with Gasteiger partial charge in [0.2, 0.25) is 6.29 Å². The van der Waals surface area contributed by atoms with E-state index in [0.29, 0.717) is 18.5 Å². The van der Waals surface area contributed by atoms with Crippen molar-refractivity contribution in [3.05, 3.63) is 27.8 Å². The van der Waals surface area contributed by atoms with Crippen LogP contribution in [0.2, 0.25) is 0 Å². The highest BCUT2D eigenvalue weighted by molar-refractivity contribution is 7.09. The lowest BCUT2D eigenvalue weighted by atomic mass is 10.4. The number of aromatic nitrogens is 3. The van der Waals surface area contributed by atoms with E-state index in [9.17, 15) is 4.79 Å². The van der Waals surface area contributed by atoms with Crippen LogP contribution in [0.3, 0.4) is 0 Å². The molecule has 2 aromatic heterocycles. The van der Waals surface area contributed by atoms with Crippen LogP contribution in [0.5, 0.6) is 0 Å². The zero-order valence-electron chi connectivity index (χ0n) is 7.43. The molecule has 0 spiro atoms. The van der Waals surface area contributed by atoms with E-state index in [1.54, 1.807) is 11.3 Å². The predicted molar refractivity (Wildman–Crippen MR) is 49.3 cm³/mol. The summed E-state index contributed by atoms with van der Waals surface area (Å²) >= 11 is 1.54. The van der Waals surface area contributed by atoms with Gasteiger partial charge in [0, 0.05) is 11.1 Å². The second-order valence-corrected chi connectivity index (χ2v) is 3.67. The molecule has 0 aromatic carbocycles. The van der Waals surface area contributed by atoms with E-state index in [1.807, 2.05) is 12.3 Å². The van der Waals surface area contributed by atoms with Crippen molar-refractivity contribution in [2.24, 2.45) is 0 Å². The van der Waals surface area contributed by atoms with Gasteiger partial charge in [-0.3, -0.25) is 4.79 Å². The van der Waals surface area contributed by atoms with Crippen molar-refractivity contribution in [2.75, 3.05) is 0 Å². The van der Waals surface area contributed by atoms with E-state index in [0.717, 1.165) is 10.7 Å². The number of hydrogen-bond donors (Lipinski definition) is 0. The van der Waals surface area contributed by atoms with Crippen molar-refractivity contribution in [3.8, 4) is 0 Å². The van der Waals surface area contributed by atoms with Gasteiger partial charge in [-0.2, -0.15) is 4.98 Å². The number of carbonyl (C=O) groups excluding carboxylic acids is 1. The van der Waals surface area contributed by atoms with Crippen LogP contribution in [-0.2, 0) is 6.42 Å². The molecule has 0 N–H and O–H groups in total. The fourth-order valence-corrected chi connectivity index (χ4v) is 1.77. The molecule has 0 fully saturated rings. The molecule has 0 bridgehead atoms. The van der Waals surface area contributed by atoms with Gasteiger partial charge in [-0.15, -0.1) is 11.3 Å². The number of aldehydes is 1. The molecular weight excluding hydrogens is 202 g/mol. The molecule has 5 nitrogen and oxygen atoms in total. The molecule has 0 aliphatic carbocycles. The first-order chi connectivity index (χ1) is 6.78. The highest BCUT2D eigenvalue weighted by Crippen LogP contribution is 2.12. The van der Waals surface area contributed by atoms with Crippen LogP contribution in [0, 0.1) is 6.92 Å². The quantitative estimate of drug-likeness (QED) is 0.711. The van der Waals surface area contributed by atoms with Gasteiger partial charge < -0.3 is 4.52 Å². The molecule has 0 aliphatic rings. The summed E-state index contributed by atoms with van der Waals surface area (Å²) in [6, 6.07) is 0. The fourth-order valence-electron chi connectivity index (χ4n) is 1.01. The molecule has 2 heterocycles. The molecule has 0 aliphatic heterocycles. The van der Waals surface area contributed by atoms with Crippen LogP contribution in [0.4, 0.5) is 0 Å². The fraction of sp³-hybridized carbons (Fsp3) is 0.250. The summed E-state index contributed by atoms with van der Waals surface area (Å²) < 4.78 is 4.64. The molecule has 0 saturated heterocycles. The summed E-state index contributed by atoms with van der Waals surface area (Å²) in [6.45, 7) is 1.92. The summed E-state index contributed by atoms with van der Waals surface area (Å²) in [5.74, 6) is 0.495. The van der Waals surface area contributed by atoms with E-state index in [2.05, 4.69) is 19.6 Å². The normalized spacial score (nSPS) is 10.4. The molecular formula is C8H7N3O2S. The average molecular weight is 209 g/mol. The molecule has 2 aromatic rings. The largest absolute Gasteiger partial charge is 0.331 e. The number of carbonyl (C=O) groups is 1. The van der Waals surface area contributed by atoms with Crippen LogP contribution in [0.25, 0.3) is 0 Å². The van der Waals surface area contributed by atoms with Gasteiger partial charge in [-0.05, 0) is 6.92 Å². The minimum absolute atomic E-state index is 0.00766. The number of rotatable bonds is 3. The van der Waals surface area contributed by atoms with Gasteiger partial charge in [0.1, 0.15) is 5.01 Å².